The van der Waals surface area contributed by atoms with Crippen molar-refractivity contribution in [2.45, 2.75) is 19.3 Å². The van der Waals surface area contributed by atoms with Crippen molar-refractivity contribution in [2.24, 2.45) is 0 Å². The first-order valence-electron chi connectivity index (χ1n) is 7.54. The van der Waals surface area contributed by atoms with E-state index in [1.807, 2.05) is 0 Å². The van der Waals surface area contributed by atoms with Crippen LogP contribution in [0.2, 0.25) is 0 Å². The van der Waals surface area contributed by atoms with Gasteiger partial charge in [0.05, 0.1) is 36.0 Å². The monoisotopic (exact) mass is 358 g/mol. The molecule has 0 bridgehead atoms. The van der Waals surface area contributed by atoms with Crippen LogP contribution >= 0.6 is 11.3 Å². The Balaban J connectivity index is 1.81. The summed E-state index contributed by atoms with van der Waals surface area (Å²) in [5, 5.41) is 10.2. The van der Waals surface area contributed by atoms with Crippen LogP contribution in [0.3, 0.4) is 0 Å². The van der Waals surface area contributed by atoms with Gasteiger partial charge in [-0.15, -0.1) is 11.3 Å². The van der Waals surface area contributed by atoms with Crippen LogP contribution in [0.15, 0.2) is 24.3 Å². The maximum absolute atomic E-state index is 12.6. The van der Waals surface area contributed by atoms with Gasteiger partial charge in [-0.05, 0) is 12.1 Å². The number of morpholine rings is 1. The fourth-order valence-corrected chi connectivity index (χ4v) is 3.46. The molecule has 3 rings (SSSR count). The van der Waals surface area contributed by atoms with E-state index in [0.717, 1.165) is 35.8 Å². The van der Waals surface area contributed by atoms with E-state index < -0.39 is 11.7 Å². The Morgan fingerprint density at radius 3 is 2.42 bits per heavy atom. The van der Waals surface area contributed by atoms with Gasteiger partial charge < -0.3 is 9.84 Å². The summed E-state index contributed by atoms with van der Waals surface area (Å²) in [4.78, 5) is 7.47. The molecule has 2 aromatic rings. The molecule has 0 unspecified atom stereocenters. The second kappa shape index (κ2) is 7.18. The minimum atomic E-state index is -4.35. The molecule has 1 aliphatic rings. The second-order valence-corrected chi connectivity index (χ2v) is 6.59. The summed E-state index contributed by atoms with van der Waals surface area (Å²) in [6.07, 6.45) is -4.35. The first-order chi connectivity index (χ1) is 11.5. The first kappa shape index (κ1) is 17.3. The summed E-state index contributed by atoms with van der Waals surface area (Å²) in [6.45, 7) is 3.43. The number of nitrogens with zero attached hydrogens (tertiary/aromatic N) is 2. The Morgan fingerprint density at radius 1 is 1.17 bits per heavy atom. The third kappa shape index (κ3) is 3.94. The number of aliphatic hydroxyl groups excluding tert-OH is 1. The molecular weight excluding hydrogens is 341 g/mol. The average Bonchev–Trinajstić information content (AvgIpc) is 2.98. The van der Waals surface area contributed by atoms with Crippen molar-refractivity contribution in [1.29, 1.82) is 0 Å². The maximum Gasteiger partial charge on any atom is 0.416 e. The van der Waals surface area contributed by atoms with E-state index in [-0.39, 0.29) is 6.61 Å². The highest BCUT2D eigenvalue weighted by Crippen LogP contribution is 2.33. The molecule has 130 valence electrons. The molecule has 24 heavy (non-hydrogen) atoms. The summed E-state index contributed by atoms with van der Waals surface area (Å²) in [6, 6.07) is 4.94. The lowest BCUT2D eigenvalue weighted by Crippen LogP contribution is -2.35. The Bertz CT molecular complexity index is 680. The van der Waals surface area contributed by atoms with Gasteiger partial charge in [0.15, 0.2) is 0 Å². The van der Waals surface area contributed by atoms with Gasteiger partial charge in [-0.25, -0.2) is 4.98 Å². The molecule has 1 aromatic heterocycles. The molecule has 8 heteroatoms. The Labute approximate surface area is 141 Å². The van der Waals surface area contributed by atoms with Crippen LogP contribution in [-0.2, 0) is 24.1 Å². The smallest absolute Gasteiger partial charge is 0.391 e. The van der Waals surface area contributed by atoms with E-state index in [4.69, 9.17) is 4.74 Å². The highest BCUT2D eigenvalue weighted by Gasteiger charge is 2.30. The van der Waals surface area contributed by atoms with Crippen LogP contribution in [0.1, 0.15) is 16.1 Å². The van der Waals surface area contributed by atoms with Crippen LogP contribution in [0.5, 0.6) is 0 Å². The number of hydrogen-bond donors (Lipinski definition) is 1. The number of halogens is 3. The molecule has 1 fully saturated rings. The van der Waals surface area contributed by atoms with Gasteiger partial charge in [0, 0.05) is 25.2 Å². The van der Waals surface area contributed by atoms with Crippen LogP contribution < -0.4 is 0 Å². The number of aromatic nitrogens is 1. The van der Waals surface area contributed by atoms with Gasteiger partial charge in [0.1, 0.15) is 5.01 Å². The number of alkyl halides is 3. The molecule has 1 N–H and O–H groups in total. The van der Waals surface area contributed by atoms with Crippen molar-refractivity contribution in [2.75, 3.05) is 26.3 Å². The number of hydrogen-bond acceptors (Lipinski definition) is 5. The van der Waals surface area contributed by atoms with Crippen molar-refractivity contribution in [1.82, 2.24) is 9.88 Å². The topological polar surface area (TPSA) is 45.6 Å². The highest BCUT2D eigenvalue weighted by atomic mass is 32.1. The predicted octanol–water partition coefficient (Wildman–Crippen LogP) is 3.15. The summed E-state index contributed by atoms with van der Waals surface area (Å²) in [5.41, 5.74) is 0.717. The molecule has 0 atom stereocenters. The van der Waals surface area contributed by atoms with E-state index in [9.17, 15) is 18.3 Å². The molecule has 0 aliphatic carbocycles. The molecule has 1 aromatic carbocycles. The Morgan fingerprint density at radius 2 is 1.83 bits per heavy atom. The lowest BCUT2D eigenvalue weighted by Gasteiger charge is -2.26. The summed E-state index contributed by atoms with van der Waals surface area (Å²) in [5.74, 6) is 0. The van der Waals surface area contributed by atoms with Crippen molar-refractivity contribution >= 4 is 11.3 Å². The van der Waals surface area contributed by atoms with Crippen LogP contribution in [0.4, 0.5) is 13.2 Å². The lowest BCUT2D eigenvalue weighted by molar-refractivity contribution is -0.137. The molecule has 0 saturated carbocycles. The molecule has 1 saturated heterocycles. The van der Waals surface area contributed by atoms with Crippen molar-refractivity contribution in [3.05, 3.63) is 40.4 Å². The zero-order valence-corrected chi connectivity index (χ0v) is 13.7. The number of thiazole rings is 1. The predicted molar refractivity (Wildman–Crippen MR) is 84.6 cm³/mol. The van der Waals surface area contributed by atoms with Crippen molar-refractivity contribution in [3.8, 4) is 10.6 Å². The first-order valence-corrected chi connectivity index (χ1v) is 8.36. The summed E-state index contributed by atoms with van der Waals surface area (Å²) >= 11 is 1.31. The Hall–Kier alpha value is -1.48. The number of ether oxygens (including phenoxy) is 1. The quantitative estimate of drug-likeness (QED) is 0.912. The zero-order chi connectivity index (χ0) is 17.2. The van der Waals surface area contributed by atoms with Gasteiger partial charge in [-0.1, -0.05) is 12.1 Å². The highest BCUT2D eigenvalue weighted by molar-refractivity contribution is 7.15. The standard InChI is InChI=1S/C16H17F3N2O2S/c17-16(18,19)12-3-1-11(2-4-12)15-20-13(14(10-22)24-15)9-21-5-7-23-8-6-21/h1-4,22H,5-10H2. The zero-order valence-electron chi connectivity index (χ0n) is 12.8. The maximum atomic E-state index is 12.6. The van der Waals surface area contributed by atoms with E-state index in [1.165, 1.54) is 23.5 Å². The molecule has 0 amide bonds. The van der Waals surface area contributed by atoms with Gasteiger partial charge in [0.25, 0.3) is 0 Å². The minimum absolute atomic E-state index is 0.127. The third-order valence-electron chi connectivity index (χ3n) is 3.86. The second-order valence-electron chi connectivity index (χ2n) is 5.51. The molecule has 1 aliphatic heterocycles. The van der Waals surface area contributed by atoms with E-state index in [0.29, 0.717) is 30.3 Å². The fraction of sp³-hybridized carbons (Fsp3) is 0.438. The summed E-state index contributed by atoms with van der Waals surface area (Å²) < 4.78 is 43.2. The third-order valence-corrected chi connectivity index (χ3v) is 4.99. The largest absolute Gasteiger partial charge is 0.416 e. The summed E-state index contributed by atoms with van der Waals surface area (Å²) in [7, 11) is 0. The molecule has 2 heterocycles. The fourth-order valence-electron chi connectivity index (χ4n) is 2.53. The van der Waals surface area contributed by atoms with Crippen LogP contribution in [0.25, 0.3) is 10.6 Å². The number of rotatable bonds is 4. The van der Waals surface area contributed by atoms with Gasteiger partial charge in [-0.2, -0.15) is 13.2 Å². The lowest BCUT2D eigenvalue weighted by atomic mass is 10.1. The van der Waals surface area contributed by atoms with Gasteiger partial charge in [0.2, 0.25) is 0 Å². The minimum Gasteiger partial charge on any atom is -0.391 e. The van der Waals surface area contributed by atoms with Gasteiger partial charge >= 0.3 is 6.18 Å². The molecule has 0 radical (unpaired) electrons. The molecule has 4 nitrogen and oxygen atoms in total. The van der Waals surface area contributed by atoms with Gasteiger partial charge in [-0.3, -0.25) is 4.90 Å². The van der Waals surface area contributed by atoms with E-state index >= 15 is 0 Å². The van der Waals surface area contributed by atoms with Crippen molar-refractivity contribution in [3.63, 3.8) is 0 Å². The molecular formula is C16H17F3N2O2S. The SMILES string of the molecule is OCc1sc(-c2ccc(C(F)(F)F)cc2)nc1CN1CCOCC1. The van der Waals surface area contributed by atoms with E-state index in [2.05, 4.69) is 9.88 Å². The Kier molecular flexibility index (Phi) is 5.19. The molecule has 0 spiro atoms. The van der Waals surface area contributed by atoms with Crippen LogP contribution in [-0.4, -0.2) is 41.3 Å². The van der Waals surface area contributed by atoms with E-state index in [1.54, 1.807) is 0 Å². The number of benzene rings is 1. The normalized spacial score (nSPS) is 16.5. The van der Waals surface area contributed by atoms with Crippen LogP contribution in [0, 0.1) is 0 Å². The average molecular weight is 358 g/mol. The number of aliphatic hydroxyl groups is 1. The van der Waals surface area contributed by atoms with Crippen molar-refractivity contribution < 1.29 is 23.0 Å².